The van der Waals surface area contributed by atoms with Crippen LogP contribution in [-0.2, 0) is 5.75 Å². The number of nitrogens with zero attached hydrogens (tertiary/aromatic N) is 1. The van der Waals surface area contributed by atoms with Gasteiger partial charge in [-0.25, -0.2) is 0 Å². The van der Waals surface area contributed by atoms with Crippen molar-refractivity contribution in [2.24, 2.45) is 4.99 Å². The van der Waals surface area contributed by atoms with Gasteiger partial charge in [0.05, 0.1) is 6.04 Å². The van der Waals surface area contributed by atoms with Gasteiger partial charge in [0.25, 0.3) is 0 Å². The molecule has 1 N–H and O–H groups in total. The van der Waals surface area contributed by atoms with Crippen molar-refractivity contribution in [3.05, 3.63) is 81.9 Å². The van der Waals surface area contributed by atoms with E-state index in [1.54, 1.807) is 11.8 Å². The van der Waals surface area contributed by atoms with Crippen molar-refractivity contribution in [1.82, 2.24) is 5.32 Å². The van der Waals surface area contributed by atoms with Gasteiger partial charge in [-0.3, -0.25) is 4.99 Å². The molecule has 4 heteroatoms. The Morgan fingerprint density at radius 1 is 1.36 bits per heavy atom. The van der Waals surface area contributed by atoms with E-state index in [9.17, 15) is 0 Å². The highest BCUT2D eigenvalue weighted by molar-refractivity contribution is 9.10. The zero-order valence-electron chi connectivity index (χ0n) is 14.6. The number of amidine groups is 1. The van der Waals surface area contributed by atoms with Crippen LogP contribution in [0.15, 0.2) is 81.3 Å². The number of thioether (sulfide) groups is 1. The Morgan fingerprint density at radius 2 is 2.20 bits per heavy atom. The maximum Gasteiger partial charge on any atom is 0.158 e. The molecule has 130 valence electrons. The predicted molar refractivity (Wildman–Crippen MR) is 114 cm³/mol. The molecule has 0 bridgehead atoms. The minimum absolute atomic E-state index is 0.136. The Hall–Kier alpha value is -1.52. The number of hydrogen-bond acceptors (Lipinski definition) is 3. The molecule has 0 aromatic heterocycles. The zero-order chi connectivity index (χ0) is 17.6. The second kappa shape index (κ2) is 8.72. The lowest BCUT2D eigenvalue weighted by Gasteiger charge is -2.20. The Morgan fingerprint density at radius 3 is 3.00 bits per heavy atom. The monoisotopic (exact) mass is 414 g/mol. The maximum atomic E-state index is 5.01. The minimum Gasteiger partial charge on any atom is -0.356 e. The third kappa shape index (κ3) is 4.56. The molecule has 3 rings (SSSR count). The van der Waals surface area contributed by atoms with Gasteiger partial charge in [-0.15, -0.1) is 0 Å². The molecular formula is C21H23BrN2S. The van der Waals surface area contributed by atoms with E-state index in [1.165, 1.54) is 16.7 Å². The summed E-state index contributed by atoms with van der Waals surface area (Å²) in [7, 11) is 0. The number of halogens is 1. The highest BCUT2D eigenvalue weighted by Crippen LogP contribution is 2.29. The Balaban J connectivity index is 1.78. The molecule has 0 saturated heterocycles. The first-order valence-electron chi connectivity index (χ1n) is 8.55. The maximum absolute atomic E-state index is 5.01. The second-order valence-corrected chi connectivity index (χ2v) is 7.97. The van der Waals surface area contributed by atoms with Crippen LogP contribution in [0.25, 0.3) is 0 Å². The van der Waals surface area contributed by atoms with Crippen LogP contribution in [0.5, 0.6) is 0 Å². The summed E-state index contributed by atoms with van der Waals surface area (Å²) in [6.45, 7) is 4.27. The van der Waals surface area contributed by atoms with Crippen LogP contribution in [0.4, 0.5) is 0 Å². The number of rotatable bonds is 4. The van der Waals surface area contributed by atoms with Gasteiger partial charge in [-0.2, -0.15) is 0 Å². The van der Waals surface area contributed by atoms with E-state index < -0.39 is 0 Å². The van der Waals surface area contributed by atoms with Crippen LogP contribution in [0, 0.1) is 0 Å². The van der Waals surface area contributed by atoms with E-state index >= 15 is 0 Å². The molecule has 0 unspecified atom stereocenters. The Bertz CT molecular complexity index is 774. The van der Waals surface area contributed by atoms with Gasteiger partial charge >= 0.3 is 0 Å². The van der Waals surface area contributed by atoms with Crippen molar-refractivity contribution in [1.29, 1.82) is 0 Å². The molecule has 0 saturated carbocycles. The molecule has 2 nitrogen and oxygen atoms in total. The van der Waals surface area contributed by atoms with Crippen LogP contribution in [0.1, 0.15) is 25.8 Å². The van der Waals surface area contributed by atoms with Crippen LogP contribution in [-0.4, -0.2) is 17.3 Å². The molecule has 25 heavy (non-hydrogen) atoms. The highest BCUT2D eigenvalue weighted by atomic mass is 79.9. The van der Waals surface area contributed by atoms with Crippen LogP contribution < -0.4 is 5.32 Å². The quantitative estimate of drug-likeness (QED) is 0.630. The number of benzene rings is 1. The fraction of sp³-hybridized carbons (Fsp3) is 0.286. The number of hydrogen-bond donors (Lipinski definition) is 1. The standard InChI is InChI=1S/C21H23BrN2S/c1-3-15(2)19-20(16-10-6-4-5-7-11-16)24-21(23-19)25-14-17-12-8-9-13-18(17)22/h3-4,6-13,19-20H,5,14H2,1-2H3,(H,23,24)/b15-3+/t19-,20+/m0/s1. The largest absolute Gasteiger partial charge is 0.356 e. The van der Waals surface area contributed by atoms with E-state index in [1.807, 2.05) is 6.07 Å². The van der Waals surface area contributed by atoms with E-state index in [2.05, 4.69) is 89.7 Å². The van der Waals surface area contributed by atoms with Gasteiger partial charge in [0, 0.05) is 10.2 Å². The third-order valence-electron chi connectivity index (χ3n) is 4.47. The van der Waals surface area contributed by atoms with Gasteiger partial charge in [0.15, 0.2) is 5.17 Å². The average molecular weight is 415 g/mol. The zero-order valence-corrected chi connectivity index (χ0v) is 17.0. The first kappa shape index (κ1) is 18.3. The average Bonchev–Trinajstić information content (AvgIpc) is 2.86. The molecule has 1 aliphatic heterocycles. The lowest BCUT2D eigenvalue weighted by atomic mass is 9.95. The van der Waals surface area contributed by atoms with Crippen molar-refractivity contribution in [3.8, 4) is 0 Å². The molecule has 0 amide bonds. The molecule has 0 spiro atoms. The molecule has 0 fully saturated rings. The first-order valence-corrected chi connectivity index (χ1v) is 10.3. The second-order valence-electron chi connectivity index (χ2n) is 6.15. The lowest BCUT2D eigenvalue weighted by molar-refractivity contribution is 0.651. The lowest BCUT2D eigenvalue weighted by Crippen LogP contribution is -2.35. The van der Waals surface area contributed by atoms with E-state index in [0.29, 0.717) is 0 Å². The third-order valence-corrected chi connectivity index (χ3v) is 6.19. The number of allylic oxidation sites excluding steroid dienone is 5. The van der Waals surface area contributed by atoms with Crippen molar-refractivity contribution in [2.75, 3.05) is 0 Å². The topological polar surface area (TPSA) is 24.4 Å². The predicted octanol–water partition coefficient (Wildman–Crippen LogP) is 5.79. The molecule has 1 aromatic carbocycles. The smallest absolute Gasteiger partial charge is 0.158 e. The van der Waals surface area contributed by atoms with Crippen molar-refractivity contribution < 1.29 is 0 Å². The molecule has 2 atom stereocenters. The summed E-state index contributed by atoms with van der Waals surface area (Å²) in [4.78, 5) is 5.01. The first-order chi connectivity index (χ1) is 12.2. The molecule has 1 heterocycles. The Kier molecular flexibility index (Phi) is 6.38. The van der Waals surface area contributed by atoms with Gasteiger partial charge in [0.2, 0.25) is 0 Å². The summed E-state index contributed by atoms with van der Waals surface area (Å²) in [5.41, 5.74) is 3.88. The fourth-order valence-corrected chi connectivity index (χ4v) is 4.45. The molecular weight excluding hydrogens is 392 g/mol. The summed E-state index contributed by atoms with van der Waals surface area (Å²) in [5, 5.41) is 4.65. The molecule has 1 aliphatic carbocycles. The number of aliphatic imine (C=N–C) groups is 1. The van der Waals surface area contributed by atoms with E-state index in [4.69, 9.17) is 4.99 Å². The fourth-order valence-electron chi connectivity index (χ4n) is 2.89. The van der Waals surface area contributed by atoms with Crippen LogP contribution in [0.3, 0.4) is 0 Å². The summed E-state index contributed by atoms with van der Waals surface area (Å²) >= 11 is 5.39. The van der Waals surface area contributed by atoms with Crippen molar-refractivity contribution >= 4 is 32.9 Å². The van der Waals surface area contributed by atoms with Gasteiger partial charge < -0.3 is 5.32 Å². The summed E-state index contributed by atoms with van der Waals surface area (Å²) in [6, 6.07) is 8.73. The molecule has 0 radical (unpaired) electrons. The highest BCUT2D eigenvalue weighted by Gasteiger charge is 2.31. The summed E-state index contributed by atoms with van der Waals surface area (Å²) in [6.07, 6.45) is 14.1. The molecule has 2 aliphatic rings. The minimum atomic E-state index is 0.136. The van der Waals surface area contributed by atoms with Gasteiger partial charge in [-0.1, -0.05) is 87.9 Å². The summed E-state index contributed by atoms with van der Waals surface area (Å²) in [5.74, 6) is 0.899. The Labute approximate surface area is 163 Å². The SMILES string of the molecule is C/C=C(\C)[C@@H]1NC(SCc2ccccc2Br)=N[C@@H]1C1=CC=CCC=C1. The van der Waals surface area contributed by atoms with Gasteiger partial charge in [0.1, 0.15) is 6.04 Å². The van der Waals surface area contributed by atoms with Crippen LogP contribution >= 0.6 is 27.7 Å². The molecule has 1 aromatic rings. The number of nitrogens with one attached hydrogen (secondary N) is 1. The van der Waals surface area contributed by atoms with Gasteiger partial charge in [-0.05, 0) is 37.5 Å². The van der Waals surface area contributed by atoms with Crippen molar-refractivity contribution in [3.63, 3.8) is 0 Å². The summed E-state index contributed by atoms with van der Waals surface area (Å²) < 4.78 is 1.15. The van der Waals surface area contributed by atoms with Crippen LogP contribution in [0.2, 0.25) is 0 Å². The van der Waals surface area contributed by atoms with E-state index in [0.717, 1.165) is 21.8 Å². The normalized spacial score (nSPS) is 23.1. The van der Waals surface area contributed by atoms with E-state index in [-0.39, 0.29) is 12.1 Å². The van der Waals surface area contributed by atoms with Crippen molar-refractivity contribution in [2.45, 2.75) is 38.1 Å².